The zero-order chi connectivity index (χ0) is 17.8. The first-order chi connectivity index (χ1) is 12.8. The van der Waals surface area contributed by atoms with Gasteiger partial charge in [-0.3, -0.25) is 0 Å². The Kier molecular flexibility index (Phi) is 5.45. The van der Waals surface area contributed by atoms with Crippen molar-refractivity contribution in [1.82, 2.24) is 30.4 Å². The van der Waals surface area contributed by atoms with Crippen molar-refractivity contribution >= 4 is 28.2 Å². The Bertz CT molecular complexity index is 827. The molecule has 136 valence electrons. The lowest BCUT2D eigenvalue weighted by Crippen LogP contribution is -2.21. The Morgan fingerprint density at radius 1 is 1.12 bits per heavy atom. The molecule has 1 fully saturated rings. The van der Waals surface area contributed by atoms with Crippen molar-refractivity contribution < 1.29 is 0 Å². The first-order valence-corrected chi connectivity index (χ1v) is 10.6. The number of thioether (sulfide) groups is 1. The molecule has 1 aliphatic carbocycles. The minimum absolute atomic E-state index is 0.0701. The number of benzene rings is 1. The molecule has 1 aromatic carbocycles. The summed E-state index contributed by atoms with van der Waals surface area (Å²) in [5, 5.41) is 25.3. The summed E-state index contributed by atoms with van der Waals surface area (Å²) in [5.41, 5.74) is 0.955. The monoisotopic (exact) mass is 387 g/mol. The highest BCUT2D eigenvalue weighted by molar-refractivity contribution is 8.01. The van der Waals surface area contributed by atoms with Gasteiger partial charge >= 0.3 is 0 Å². The molecule has 2 aromatic heterocycles. The van der Waals surface area contributed by atoms with Gasteiger partial charge in [0, 0.05) is 6.04 Å². The summed E-state index contributed by atoms with van der Waals surface area (Å²) in [7, 11) is 0. The maximum absolute atomic E-state index is 4.33. The van der Waals surface area contributed by atoms with Gasteiger partial charge in [-0.05, 0) is 42.3 Å². The third-order valence-corrected chi connectivity index (χ3v) is 6.51. The molecule has 9 heteroatoms. The zero-order valence-electron chi connectivity index (χ0n) is 14.6. The summed E-state index contributed by atoms with van der Waals surface area (Å²) in [5.74, 6) is 0.804. The van der Waals surface area contributed by atoms with Crippen molar-refractivity contribution in [2.24, 2.45) is 0 Å². The summed E-state index contributed by atoms with van der Waals surface area (Å²) in [6.07, 6.45) is 6.41. The van der Waals surface area contributed by atoms with Gasteiger partial charge in [0.2, 0.25) is 5.13 Å². The van der Waals surface area contributed by atoms with Crippen molar-refractivity contribution in [3.05, 3.63) is 36.2 Å². The van der Waals surface area contributed by atoms with Crippen molar-refractivity contribution in [3.8, 4) is 5.69 Å². The van der Waals surface area contributed by atoms with E-state index in [-0.39, 0.29) is 5.25 Å². The molecule has 1 N–H and O–H groups in total. The van der Waals surface area contributed by atoms with Crippen LogP contribution in [0.2, 0.25) is 0 Å². The fourth-order valence-electron chi connectivity index (χ4n) is 3.14. The molecule has 1 saturated carbocycles. The van der Waals surface area contributed by atoms with Crippen molar-refractivity contribution in [2.45, 2.75) is 54.7 Å². The number of nitrogens with zero attached hydrogens (tertiary/aromatic N) is 6. The van der Waals surface area contributed by atoms with Gasteiger partial charge in [-0.15, -0.1) is 15.3 Å². The van der Waals surface area contributed by atoms with Crippen LogP contribution in [-0.2, 0) is 0 Å². The lowest BCUT2D eigenvalue weighted by atomic mass is 9.96. The van der Waals surface area contributed by atoms with Gasteiger partial charge in [0.05, 0.1) is 10.9 Å². The molecule has 1 atom stereocenters. The Balaban J connectivity index is 1.43. The predicted octanol–water partition coefficient (Wildman–Crippen LogP) is 4.11. The van der Waals surface area contributed by atoms with E-state index in [2.05, 4.69) is 38.0 Å². The van der Waals surface area contributed by atoms with Crippen LogP contribution in [-0.4, -0.2) is 36.4 Å². The lowest BCUT2D eigenvalue weighted by Gasteiger charge is -2.21. The van der Waals surface area contributed by atoms with E-state index in [9.17, 15) is 0 Å². The van der Waals surface area contributed by atoms with Crippen LogP contribution in [0.5, 0.6) is 0 Å². The Morgan fingerprint density at radius 3 is 2.73 bits per heavy atom. The normalized spacial score (nSPS) is 16.5. The molecular formula is C17H21N7S2. The van der Waals surface area contributed by atoms with Crippen LogP contribution < -0.4 is 5.32 Å². The number of tetrazole rings is 1. The number of hydrogen-bond donors (Lipinski definition) is 1. The van der Waals surface area contributed by atoms with Crippen LogP contribution in [0.4, 0.5) is 5.13 Å². The molecule has 0 saturated heterocycles. The van der Waals surface area contributed by atoms with Crippen LogP contribution in [0.15, 0.2) is 34.7 Å². The van der Waals surface area contributed by atoms with Gasteiger partial charge in [-0.25, -0.2) is 0 Å². The van der Waals surface area contributed by atoms with E-state index in [1.165, 1.54) is 32.1 Å². The highest BCUT2D eigenvalue weighted by Crippen LogP contribution is 2.37. The van der Waals surface area contributed by atoms with Crippen molar-refractivity contribution in [3.63, 3.8) is 0 Å². The number of anilines is 1. The number of para-hydroxylation sites is 1. The van der Waals surface area contributed by atoms with Crippen molar-refractivity contribution in [1.29, 1.82) is 0 Å². The fraction of sp³-hybridized carbons (Fsp3) is 0.471. The molecule has 0 radical (unpaired) electrons. The molecule has 3 aromatic rings. The average molecular weight is 388 g/mol. The van der Waals surface area contributed by atoms with Gasteiger partial charge in [-0.2, -0.15) is 4.68 Å². The SMILES string of the molecule is CC(Sc1nnc(NC2CCCCC2)s1)c1nnnn1-c1ccccc1. The number of rotatable bonds is 6. The summed E-state index contributed by atoms with van der Waals surface area (Å²) >= 11 is 3.24. The predicted molar refractivity (Wildman–Crippen MR) is 104 cm³/mol. The van der Waals surface area contributed by atoms with E-state index in [1.807, 2.05) is 30.3 Å². The molecule has 7 nitrogen and oxygen atoms in total. The molecule has 0 aliphatic heterocycles. The molecule has 0 spiro atoms. The number of nitrogens with one attached hydrogen (secondary N) is 1. The standard InChI is InChI=1S/C17H21N7S2/c1-12(15-19-22-23-24(15)14-10-6-3-7-11-14)25-17-21-20-16(26-17)18-13-8-4-2-5-9-13/h3,6-7,10-13H,2,4-5,8-9H2,1H3,(H,18,20). The number of aromatic nitrogens is 6. The molecule has 1 unspecified atom stereocenters. The maximum Gasteiger partial charge on any atom is 0.206 e. The van der Waals surface area contributed by atoms with Crippen LogP contribution >= 0.6 is 23.1 Å². The highest BCUT2D eigenvalue weighted by Gasteiger charge is 2.20. The third kappa shape index (κ3) is 4.04. The van der Waals surface area contributed by atoms with Gasteiger partial charge in [0.1, 0.15) is 0 Å². The van der Waals surface area contributed by atoms with Crippen molar-refractivity contribution in [2.75, 3.05) is 5.32 Å². The topological polar surface area (TPSA) is 81.4 Å². The largest absolute Gasteiger partial charge is 0.357 e. The van der Waals surface area contributed by atoms with Gasteiger partial charge in [-0.1, -0.05) is 60.6 Å². The smallest absolute Gasteiger partial charge is 0.206 e. The second-order valence-electron chi connectivity index (χ2n) is 6.40. The summed E-state index contributed by atoms with van der Waals surface area (Å²) in [6, 6.07) is 10.5. The third-order valence-electron chi connectivity index (χ3n) is 4.47. The van der Waals surface area contributed by atoms with E-state index in [0.29, 0.717) is 6.04 Å². The lowest BCUT2D eigenvalue weighted by molar-refractivity contribution is 0.462. The minimum atomic E-state index is 0.0701. The first kappa shape index (κ1) is 17.4. The summed E-state index contributed by atoms with van der Waals surface area (Å²) in [6.45, 7) is 2.09. The van der Waals surface area contributed by atoms with E-state index in [4.69, 9.17) is 0 Å². The molecular weight excluding hydrogens is 366 g/mol. The number of hydrogen-bond acceptors (Lipinski definition) is 8. The fourth-order valence-corrected chi connectivity index (χ4v) is 5.20. The maximum atomic E-state index is 4.33. The van der Waals surface area contributed by atoms with Crippen LogP contribution in [0.3, 0.4) is 0 Å². The summed E-state index contributed by atoms with van der Waals surface area (Å²) in [4.78, 5) is 0. The second kappa shape index (κ2) is 8.13. The summed E-state index contributed by atoms with van der Waals surface area (Å²) < 4.78 is 2.71. The van der Waals surface area contributed by atoms with Crippen LogP contribution in [0.1, 0.15) is 50.1 Å². The molecule has 0 bridgehead atoms. The van der Waals surface area contributed by atoms with Crippen LogP contribution in [0.25, 0.3) is 5.69 Å². The van der Waals surface area contributed by atoms with Gasteiger partial charge < -0.3 is 5.32 Å². The second-order valence-corrected chi connectivity index (χ2v) is 8.96. The molecule has 1 aliphatic rings. The van der Waals surface area contributed by atoms with E-state index in [0.717, 1.165) is 21.0 Å². The zero-order valence-corrected chi connectivity index (χ0v) is 16.2. The van der Waals surface area contributed by atoms with E-state index < -0.39 is 0 Å². The molecule has 2 heterocycles. The Labute approximate surface area is 160 Å². The highest BCUT2D eigenvalue weighted by atomic mass is 32.2. The molecule has 26 heavy (non-hydrogen) atoms. The molecule has 0 amide bonds. The minimum Gasteiger partial charge on any atom is -0.357 e. The van der Waals surface area contributed by atoms with E-state index >= 15 is 0 Å². The first-order valence-electron chi connectivity index (χ1n) is 8.90. The average Bonchev–Trinajstić information content (AvgIpc) is 3.33. The quantitative estimate of drug-likeness (QED) is 0.637. The van der Waals surface area contributed by atoms with Crippen LogP contribution in [0, 0.1) is 0 Å². The Morgan fingerprint density at radius 2 is 1.92 bits per heavy atom. The van der Waals surface area contributed by atoms with Gasteiger partial charge in [0.25, 0.3) is 0 Å². The van der Waals surface area contributed by atoms with E-state index in [1.54, 1.807) is 27.8 Å². The Hall–Kier alpha value is -2.00. The molecule has 4 rings (SSSR count). The van der Waals surface area contributed by atoms with Gasteiger partial charge in [0.15, 0.2) is 10.2 Å².